The summed E-state index contributed by atoms with van der Waals surface area (Å²) in [5.74, 6) is 0. The number of aromatic nitrogens is 7. The maximum atomic E-state index is 11.6. The third-order valence-electron chi connectivity index (χ3n) is 9.03. The van der Waals surface area contributed by atoms with Crippen LogP contribution in [0.5, 0.6) is 0 Å². The largest absolute Gasteiger partial charge is 0.354 e. The van der Waals surface area contributed by atoms with Gasteiger partial charge >= 0.3 is 0 Å². The number of benzene rings is 1. The van der Waals surface area contributed by atoms with Crippen molar-refractivity contribution in [3.8, 4) is 44.5 Å². The molecule has 0 saturated heterocycles. The first-order valence-electron chi connectivity index (χ1n) is 16.2. The van der Waals surface area contributed by atoms with Gasteiger partial charge in [0.1, 0.15) is 0 Å². The summed E-state index contributed by atoms with van der Waals surface area (Å²) < 4.78 is 0. The van der Waals surface area contributed by atoms with Crippen LogP contribution in [0.4, 0.5) is 5.69 Å². The van der Waals surface area contributed by atoms with Gasteiger partial charge in [0.15, 0.2) is 0 Å². The summed E-state index contributed by atoms with van der Waals surface area (Å²) in [5.41, 5.74) is 13.6. The zero-order chi connectivity index (χ0) is 34.3. The number of hydrogen-bond acceptors (Lipinski definition) is 7. The molecule has 0 aliphatic carbocycles. The molecule has 0 saturated carbocycles. The highest BCUT2D eigenvalue weighted by Crippen LogP contribution is 2.38. The lowest BCUT2D eigenvalue weighted by Gasteiger charge is -2.06. The van der Waals surface area contributed by atoms with E-state index in [-0.39, 0.29) is 5.69 Å². The molecule has 9 rings (SSSR count). The molecule has 1 aromatic carbocycles. The van der Waals surface area contributed by atoms with Crippen LogP contribution in [0.25, 0.3) is 90.9 Å². The van der Waals surface area contributed by atoms with E-state index in [0.29, 0.717) is 5.69 Å². The second-order valence-corrected chi connectivity index (χ2v) is 12.0. The van der Waals surface area contributed by atoms with Gasteiger partial charge in [-0.1, -0.05) is 0 Å². The van der Waals surface area contributed by atoms with E-state index in [2.05, 4.69) is 37.1 Å². The fourth-order valence-electron chi connectivity index (χ4n) is 6.73. The van der Waals surface area contributed by atoms with Crippen molar-refractivity contribution in [3.05, 3.63) is 155 Å². The van der Waals surface area contributed by atoms with Gasteiger partial charge in [-0.25, -0.2) is 9.97 Å². The Morgan fingerprint density at radius 3 is 1.00 bits per heavy atom. The van der Waals surface area contributed by atoms with Crippen molar-refractivity contribution in [1.29, 1.82) is 0 Å². The molecule has 10 heteroatoms. The van der Waals surface area contributed by atoms with E-state index < -0.39 is 4.92 Å². The van der Waals surface area contributed by atoms with E-state index in [1.807, 2.05) is 72.8 Å². The summed E-state index contributed by atoms with van der Waals surface area (Å²) in [7, 11) is 0. The number of fused-ring (bicyclic) bond motifs is 8. The zero-order valence-corrected chi connectivity index (χ0v) is 26.9. The van der Waals surface area contributed by atoms with Crippen molar-refractivity contribution in [3.63, 3.8) is 0 Å². The predicted molar refractivity (Wildman–Crippen MR) is 201 cm³/mol. The van der Waals surface area contributed by atoms with Crippen molar-refractivity contribution in [2.75, 3.05) is 0 Å². The number of pyridine rings is 3. The molecule has 2 N–H and O–H groups in total. The van der Waals surface area contributed by atoms with Gasteiger partial charge in [-0.3, -0.25) is 25.1 Å². The normalized spacial score (nSPS) is 11.9. The summed E-state index contributed by atoms with van der Waals surface area (Å²) >= 11 is 0. The Kier molecular flexibility index (Phi) is 7.17. The minimum atomic E-state index is -0.395. The summed E-state index contributed by atoms with van der Waals surface area (Å²) in [6, 6.07) is 26.6. The molecule has 8 heterocycles. The van der Waals surface area contributed by atoms with E-state index >= 15 is 0 Å². The highest BCUT2D eigenvalue weighted by Gasteiger charge is 2.19. The zero-order valence-electron chi connectivity index (χ0n) is 26.9. The Balaban J connectivity index is 1.46. The minimum absolute atomic E-state index is 0.0149. The maximum Gasteiger partial charge on any atom is 0.269 e. The van der Waals surface area contributed by atoms with Crippen molar-refractivity contribution in [2.45, 2.75) is 0 Å². The minimum Gasteiger partial charge on any atom is -0.354 e. The lowest BCUT2D eigenvalue weighted by atomic mass is 10.0. The lowest BCUT2D eigenvalue weighted by molar-refractivity contribution is -0.384. The molecule has 0 atom stereocenters. The number of aromatic amines is 2. The SMILES string of the molecule is O=[N+]([O-])c1ccc(-c2c3nc(c(-c4ccncc4)c4ccc([nH]4)c(-c4ccncc4)c4nc(c(-c5ccncc5)c5ccc2[nH]5)C=C4)C=C3)cc1. The number of nitro groups is 1. The standard InChI is InChI=1S/C41H26N8O2/c50-49(51)29-3-1-25(2-4-29)38-30-5-7-32(45-30)39(26-13-19-42-20-14-26)34-9-11-36(47-34)41(28-17-23-44-24-18-28)37-12-10-35(48-37)40(27-15-21-43-22-16-27)33-8-6-31(38)46-33/h1-24,45,48H. The fraction of sp³-hybridized carbons (Fsp3) is 0. The fourth-order valence-corrected chi connectivity index (χ4v) is 6.73. The Bertz CT molecular complexity index is 2660. The molecule has 0 unspecified atom stereocenters. The summed E-state index contributed by atoms with van der Waals surface area (Å²) in [4.78, 5) is 41.8. The number of hydrogen-bond donors (Lipinski definition) is 2. The predicted octanol–water partition coefficient (Wildman–Crippen LogP) is 9.42. The topological polar surface area (TPSA) is 139 Å². The third-order valence-corrected chi connectivity index (χ3v) is 9.03. The molecule has 8 bridgehead atoms. The highest BCUT2D eigenvalue weighted by molar-refractivity contribution is 5.99. The number of rotatable bonds is 5. The van der Waals surface area contributed by atoms with E-state index in [1.165, 1.54) is 12.1 Å². The number of H-pyrrole nitrogens is 2. The molecule has 10 nitrogen and oxygen atoms in total. The smallest absolute Gasteiger partial charge is 0.269 e. The number of nitrogens with one attached hydrogen (secondary N) is 2. The molecule has 242 valence electrons. The van der Waals surface area contributed by atoms with Crippen molar-refractivity contribution < 1.29 is 4.92 Å². The van der Waals surface area contributed by atoms with Crippen molar-refractivity contribution >= 4 is 52.1 Å². The Morgan fingerprint density at radius 2 is 0.706 bits per heavy atom. The van der Waals surface area contributed by atoms with Gasteiger partial charge in [0.05, 0.1) is 27.7 Å². The van der Waals surface area contributed by atoms with E-state index in [4.69, 9.17) is 9.97 Å². The second-order valence-electron chi connectivity index (χ2n) is 12.0. The van der Waals surface area contributed by atoms with Gasteiger partial charge in [0.2, 0.25) is 0 Å². The number of non-ortho nitro benzene ring substituents is 1. The summed E-state index contributed by atoms with van der Waals surface area (Å²) in [6.07, 6.45) is 18.7. The molecule has 0 spiro atoms. The average Bonchev–Trinajstić information content (AvgIpc) is 4.01. The molecule has 0 amide bonds. The van der Waals surface area contributed by atoms with Crippen LogP contribution >= 0.6 is 0 Å². The van der Waals surface area contributed by atoms with Gasteiger partial charge in [0, 0.05) is 93.6 Å². The Labute approximate surface area is 290 Å². The van der Waals surface area contributed by atoms with Gasteiger partial charge in [0.25, 0.3) is 5.69 Å². The molecule has 7 aromatic rings. The summed E-state index contributed by atoms with van der Waals surface area (Å²) in [6.45, 7) is 0. The van der Waals surface area contributed by atoms with Crippen LogP contribution in [0.1, 0.15) is 22.8 Å². The molecule has 6 aromatic heterocycles. The second kappa shape index (κ2) is 12.3. The van der Waals surface area contributed by atoms with Crippen LogP contribution in [0.15, 0.2) is 122 Å². The molecule has 2 aliphatic heterocycles. The van der Waals surface area contributed by atoms with E-state index in [0.717, 1.165) is 83.7 Å². The molecule has 2 aliphatic rings. The van der Waals surface area contributed by atoms with E-state index in [1.54, 1.807) is 49.3 Å². The first-order valence-corrected chi connectivity index (χ1v) is 16.2. The van der Waals surface area contributed by atoms with Gasteiger partial charge in [-0.05, 0) is 119 Å². The molecule has 0 fully saturated rings. The van der Waals surface area contributed by atoms with Gasteiger partial charge in [-0.15, -0.1) is 0 Å². The summed E-state index contributed by atoms with van der Waals surface area (Å²) in [5, 5.41) is 11.6. The van der Waals surface area contributed by atoms with E-state index in [9.17, 15) is 10.1 Å². The third kappa shape index (κ3) is 5.37. The monoisotopic (exact) mass is 662 g/mol. The van der Waals surface area contributed by atoms with Crippen LogP contribution in [-0.2, 0) is 0 Å². The van der Waals surface area contributed by atoms with Crippen molar-refractivity contribution in [1.82, 2.24) is 34.9 Å². The first kappa shape index (κ1) is 29.8. The van der Waals surface area contributed by atoms with Gasteiger partial charge in [-0.2, -0.15) is 0 Å². The number of nitro benzene ring substituents is 1. The first-order chi connectivity index (χ1) is 25.1. The molecular formula is C41H26N8O2. The van der Waals surface area contributed by atoms with Gasteiger partial charge < -0.3 is 9.97 Å². The molecule has 0 radical (unpaired) electrons. The van der Waals surface area contributed by atoms with Crippen LogP contribution in [0, 0.1) is 10.1 Å². The number of nitrogens with zero attached hydrogens (tertiary/aromatic N) is 6. The molecule has 51 heavy (non-hydrogen) atoms. The van der Waals surface area contributed by atoms with Crippen LogP contribution in [0.3, 0.4) is 0 Å². The maximum absolute atomic E-state index is 11.6. The Morgan fingerprint density at radius 1 is 0.412 bits per heavy atom. The van der Waals surface area contributed by atoms with Crippen LogP contribution < -0.4 is 0 Å². The Hall–Kier alpha value is -7.33. The van der Waals surface area contributed by atoms with Crippen LogP contribution in [0.2, 0.25) is 0 Å². The average molecular weight is 663 g/mol. The van der Waals surface area contributed by atoms with Crippen molar-refractivity contribution in [2.24, 2.45) is 0 Å². The molecular weight excluding hydrogens is 637 g/mol. The quantitative estimate of drug-likeness (QED) is 0.138. The lowest BCUT2D eigenvalue weighted by Crippen LogP contribution is -1.90. The highest BCUT2D eigenvalue weighted by atomic mass is 16.6. The van der Waals surface area contributed by atoms with Crippen LogP contribution in [-0.4, -0.2) is 39.8 Å².